The normalized spacial score (nSPS) is 12.9. The molecule has 0 radical (unpaired) electrons. The molecule has 81 heavy (non-hydrogen) atoms. The van der Waals surface area contributed by atoms with Crippen molar-refractivity contribution in [3.05, 3.63) is 277 Å². The minimum atomic E-state index is 0.536. The van der Waals surface area contributed by atoms with Crippen LogP contribution in [0.3, 0.4) is 0 Å². The summed E-state index contributed by atoms with van der Waals surface area (Å²) in [6, 6.07) is 87.3. The van der Waals surface area contributed by atoms with E-state index < -0.39 is 0 Å². The van der Waals surface area contributed by atoms with Crippen LogP contribution >= 0.6 is 0 Å². The summed E-state index contributed by atoms with van der Waals surface area (Å²) in [4.78, 5) is 21.2. The largest absolute Gasteiger partial charge is 0.453 e. The summed E-state index contributed by atoms with van der Waals surface area (Å²) < 4.78 is 24.7. The lowest BCUT2D eigenvalue weighted by atomic mass is 9.95. The molecule has 0 atom stereocenters. The van der Waals surface area contributed by atoms with Crippen molar-refractivity contribution in [3.63, 3.8) is 0 Å². The molecule has 0 unspecified atom stereocenters. The zero-order chi connectivity index (χ0) is 53.4. The Morgan fingerprint density at radius 3 is 1.00 bits per heavy atom. The van der Waals surface area contributed by atoms with E-state index in [1.807, 2.05) is 84.9 Å². The van der Waals surface area contributed by atoms with Gasteiger partial charge in [0.1, 0.15) is 16.6 Å². The lowest BCUT2D eigenvalue weighted by molar-refractivity contribution is 0.477. The van der Waals surface area contributed by atoms with Gasteiger partial charge < -0.3 is 32.7 Å². The van der Waals surface area contributed by atoms with Gasteiger partial charge in [-0.15, -0.1) is 0 Å². The smallest absolute Gasteiger partial charge is 0.227 e. The Hall–Kier alpha value is -11.0. The van der Waals surface area contributed by atoms with Gasteiger partial charge in [-0.1, -0.05) is 109 Å². The van der Waals surface area contributed by atoms with Gasteiger partial charge in [0.15, 0.2) is 28.2 Å². The number of anilines is 9. The van der Waals surface area contributed by atoms with Crippen LogP contribution in [0, 0.1) is 0 Å². The summed E-state index contributed by atoms with van der Waals surface area (Å²) in [6.45, 7) is 0. The third-order valence-electron chi connectivity index (χ3n) is 15.4. The van der Waals surface area contributed by atoms with E-state index in [9.17, 15) is 0 Å². The second-order valence-electron chi connectivity index (χ2n) is 20.4. The van der Waals surface area contributed by atoms with E-state index >= 15 is 0 Å². The minimum absolute atomic E-state index is 0.536. The molecule has 0 amide bonds. The van der Waals surface area contributed by atoms with E-state index in [0.717, 1.165) is 91.6 Å². The molecule has 3 aromatic heterocycles. The third kappa shape index (κ3) is 8.07. The van der Waals surface area contributed by atoms with Crippen LogP contribution in [-0.2, 0) is 12.8 Å². The highest BCUT2D eigenvalue weighted by Crippen LogP contribution is 2.51. The molecule has 11 aromatic carbocycles. The summed E-state index contributed by atoms with van der Waals surface area (Å²) in [5.41, 5.74) is 22.6. The molecule has 3 aliphatic heterocycles. The Balaban J connectivity index is 0.000000158. The maximum atomic E-state index is 6.29. The van der Waals surface area contributed by atoms with Crippen molar-refractivity contribution in [1.29, 1.82) is 0 Å². The van der Waals surface area contributed by atoms with Gasteiger partial charge in [0.05, 0.1) is 11.4 Å². The molecule has 0 N–H and O–H groups in total. The Morgan fingerprint density at radius 2 is 0.593 bits per heavy atom. The first kappa shape index (κ1) is 46.2. The summed E-state index contributed by atoms with van der Waals surface area (Å²) >= 11 is 0. The van der Waals surface area contributed by atoms with Crippen molar-refractivity contribution >= 4 is 84.5 Å². The Morgan fingerprint density at radius 1 is 0.272 bits per heavy atom. The predicted octanol–water partition coefficient (Wildman–Crippen LogP) is 19.1. The molecular formula is C71H46N6O4. The number of benzene rings is 11. The number of hydrogen-bond donors (Lipinski definition) is 0. The van der Waals surface area contributed by atoms with Gasteiger partial charge in [0, 0.05) is 75.4 Å². The molecular weight excluding hydrogens is 1000 g/mol. The van der Waals surface area contributed by atoms with E-state index in [2.05, 4.69) is 190 Å². The van der Waals surface area contributed by atoms with Crippen molar-refractivity contribution in [2.24, 2.45) is 0 Å². The van der Waals surface area contributed by atoms with Crippen molar-refractivity contribution in [1.82, 2.24) is 15.0 Å². The molecule has 3 aliphatic rings. The molecule has 17 rings (SSSR count). The zero-order valence-electron chi connectivity index (χ0n) is 43.5. The Kier molecular flexibility index (Phi) is 10.8. The van der Waals surface area contributed by atoms with Crippen LogP contribution in [0.5, 0.6) is 11.5 Å². The quantitative estimate of drug-likeness (QED) is 0.160. The fourth-order valence-corrected chi connectivity index (χ4v) is 11.6. The average molecular weight is 1050 g/mol. The fraction of sp³-hybridized carbons (Fsp3) is 0.0282. The number of ether oxygens (including phenoxy) is 1. The molecule has 0 aliphatic carbocycles. The standard InChI is InChI=1S/C45H28N4O3.C26H18N2O/c1-3-11-36-30(9-1)25-31-10-2-4-12-37(31)48(36)32-21-17-28(18-22-32)44-46-34-26-35-43(27-42(34)51-44)52-45(47-35)29-19-23-33(24-20-29)49-38-13-5-7-15-40(38)50-41-16-8-6-14-39(41)49;1-4-10-23-19(7-1)17-20-8-2-5-11-24(20)28(23)21-15-13-18(14-16-21)26-27-22-9-3-6-12-25(22)29-26/h1-24,26-27H,25H2;1-16H,17H2. The maximum absolute atomic E-state index is 6.29. The first-order valence-corrected chi connectivity index (χ1v) is 27.1. The SMILES string of the molecule is c1ccc2c(c1)Cc1ccccc1N2c1ccc(-c2nc3cc4nc(-c5ccc(N6c7ccccc7Oc7ccccc76)cc5)oc4cc3o2)cc1.c1ccc2c(c1)Cc1ccccc1N2c1ccc(-c2nc3ccccc3o2)cc1. The highest BCUT2D eigenvalue weighted by molar-refractivity contribution is 5.93. The van der Waals surface area contributed by atoms with E-state index in [1.165, 1.54) is 45.0 Å². The molecule has 0 spiro atoms. The summed E-state index contributed by atoms with van der Waals surface area (Å²) in [7, 11) is 0. The first-order chi connectivity index (χ1) is 40.1. The molecule has 0 saturated heterocycles. The molecule has 10 nitrogen and oxygen atoms in total. The van der Waals surface area contributed by atoms with Crippen LogP contribution < -0.4 is 19.4 Å². The topological polar surface area (TPSA) is 97.0 Å². The number of aromatic nitrogens is 3. The highest BCUT2D eigenvalue weighted by atomic mass is 16.5. The molecule has 14 aromatic rings. The number of hydrogen-bond acceptors (Lipinski definition) is 10. The van der Waals surface area contributed by atoms with Gasteiger partial charge >= 0.3 is 0 Å². The number of nitrogens with zero attached hydrogens (tertiary/aromatic N) is 6. The van der Waals surface area contributed by atoms with Crippen LogP contribution in [0.2, 0.25) is 0 Å². The molecule has 0 saturated carbocycles. The number of oxazole rings is 3. The van der Waals surface area contributed by atoms with Crippen molar-refractivity contribution < 1.29 is 18.0 Å². The number of fused-ring (bicyclic) bond motifs is 9. The minimum Gasteiger partial charge on any atom is -0.453 e. The van der Waals surface area contributed by atoms with E-state index in [1.54, 1.807) is 0 Å². The van der Waals surface area contributed by atoms with Crippen molar-refractivity contribution in [3.8, 4) is 45.9 Å². The first-order valence-electron chi connectivity index (χ1n) is 27.1. The van der Waals surface area contributed by atoms with Gasteiger partial charge in [-0.25, -0.2) is 15.0 Å². The predicted molar refractivity (Wildman–Crippen MR) is 322 cm³/mol. The Labute approximate surface area is 465 Å². The van der Waals surface area contributed by atoms with Crippen molar-refractivity contribution in [2.45, 2.75) is 12.8 Å². The highest BCUT2D eigenvalue weighted by Gasteiger charge is 2.28. The molecule has 0 bridgehead atoms. The van der Waals surface area contributed by atoms with E-state index in [-0.39, 0.29) is 0 Å². The summed E-state index contributed by atoms with van der Waals surface area (Å²) in [5.74, 6) is 3.37. The van der Waals surface area contributed by atoms with Gasteiger partial charge in [0.25, 0.3) is 0 Å². The third-order valence-corrected chi connectivity index (χ3v) is 15.4. The Bertz CT molecular complexity index is 4300. The van der Waals surface area contributed by atoms with Crippen LogP contribution in [0.15, 0.2) is 268 Å². The number of para-hydroxylation sites is 10. The van der Waals surface area contributed by atoms with Crippen LogP contribution in [-0.4, -0.2) is 15.0 Å². The van der Waals surface area contributed by atoms with Crippen LogP contribution in [0.4, 0.5) is 51.2 Å². The fourth-order valence-electron chi connectivity index (χ4n) is 11.6. The summed E-state index contributed by atoms with van der Waals surface area (Å²) in [6.07, 6.45) is 1.89. The van der Waals surface area contributed by atoms with Crippen LogP contribution in [0.1, 0.15) is 22.3 Å². The summed E-state index contributed by atoms with van der Waals surface area (Å²) in [5, 5.41) is 0. The average Bonchev–Trinajstić information content (AvgIpc) is 4.34. The zero-order valence-corrected chi connectivity index (χ0v) is 43.5. The maximum Gasteiger partial charge on any atom is 0.227 e. The molecule has 384 valence electrons. The van der Waals surface area contributed by atoms with Crippen LogP contribution in [0.25, 0.3) is 67.7 Å². The van der Waals surface area contributed by atoms with Gasteiger partial charge in [-0.3, -0.25) is 0 Å². The molecule has 0 fully saturated rings. The van der Waals surface area contributed by atoms with E-state index in [4.69, 9.17) is 28.0 Å². The second kappa shape index (κ2) is 18.9. The van der Waals surface area contributed by atoms with Gasteiger partial charge in [0.2, 0.25) is 17.7 Å². The second-order valence-corrected chi connectivity index (χ2v) is 20.4. The van der Waals surface area contributed by atoms with Gasteiger partial charge in [-0.2, -0.15) is 0 Å². The lowest BCUT2D eigenvalue weighted by Crippen LogP contribution is -2.18. The molecule has 10 heteroatoms. The lowest BCUT2D eigenvalue weighted by Gasteiger charge is -2.33. The number of rotatable bonds is 6. The molecule has 6 heterocycles. The van der Waals surface area contributed by atoms with E-state index in [0.29, 0.717) is 28.8 Å². The van der Waals surface area contributed by atoms with Gasteiger partial charge in [-0.05, 0) is 162 Å². The van der Waals surface area contributed by atoms with Crippen molar-refractivity contribution in [2.75, 3.05) is 14.7 Å². The monoisotopic (exact) mass is 1050 g/mol.